The summed E-state index contributed by atoms with van der Waals surface area (Å²) in [6, 6.07) is 0. The summed E-state index contributed by atoms with van der Waals surface area (Å²) in [6.07, 6.45) is 0. The van der Waals surface area contributed by atoms with E-state index in [1.807, 2.05) is 0 Å². The van der Waals surface area contributed by atoms with Gasteiger partial charge < -0.3 is 97.3 Å². The molecule has 0 spiro atoms. The van der Waals surface area contributed by atoms with Gasteiger partial charge in [-0.05, 0) is 0 Å². The van der Waals surface area contributed by atoms with Crippen molar-refractivity contribution in [1.82, 2.24) is 0 Å². The van der Waals surface area contributed by atoms with Gasteiger partial charge in [0, 0.05) is 0 Å². The molecular formula is H8B5K15O19. The molecule has 0 aliphatic heterocycles. The van der Waals surface area contributed by atoms with Crippen molar-refractivity contribution < 1.29 is 868 Å². The molecule has 0 aromatic rings. The van der Waals surface area contributed by atoms with Crippen LogP contribution in [-0.4, -0.2) is 58.5 Å². The van der Waals surface area contributed by atoms with Crippen LogP contribution in [0.3, 0.4) is 0 Å². The summed E-state index contributed by atoms with van der Waals surface area (Å²) in [5.74, 6) is 0. The van der Waals surface area contributed by atoms with Gasteiger partial charge in [0.2, 0.25) is 0 Å². The van der Waals surface area contributed by atoms with Crippen LogP contribution >= 0.6 is 0 Å². The van der Waals surface area contributed by atoms with Crippen LogP contribution in [0, 0.1) is 0 Å². The second-order valence-electron chi connectivity index (χ2n) is 1.44. The van der Waals surface area contributed by atoms with Crippen molar-refractivity contribution in [3.05, 3.63) is 0 Å². The van der Waals surface area contributed by atoms with Crippen LogP contribution in [-0.2, 0) is 0 Å². The third-order valence-electron chi connectivity index (χ3n) is 0. The molecule has 0 saturated carbocycles. The first kappa shape index (κ1) is 159. The molecule has 0 rings (SSSR count). The Morgan fingerprint density at radius 2 is 0.154 bits per heavy atom. The van der Waals surface area contributed by atoms with E-state index in [4.69, 9.17) is 75.4 Å². The second kappa shape index (κ2) is 152. The molecule has 19 nitrogen and oxygen atoms in total. The summed E-state index contributed by atoms with van der Waals surface area (Å²) in [5.41, 5.74) is 0. The molecule has 0 bridgehead atoms. The second-order valence-corrected chi connectivity index (χ2v) is 1.44. The molecule has 0 aromatic heterocycles. The fourth-order valence-corrected chi connectivity index (χ4v) is 0. The van der Waals surface area contributed by atoms with Crippen LogP contribution in [0.4, 0.5) is 0 Å². The van der Waals surface area contributed by atoms with E-state index in [0.717, 1.165) is 0 Å². The van der Waals surface area contributed by atoms with Crippen molar-refractivity contribution in [3.63, 3.8) is 0 Å². The SMILES string of the molecule is O.O.O.O.[K+].[K+].[K+].[K+].[K+].[K+].[K+].[K+].[K+].[K+].[K+].[K+].[K+].[K+].[K+].[O-]B([O-])[O-].[O-]B([O-])[O-].[O-]B([O-])[O-].[O-]B([O-])[O-].[O-]B([O-])[O-]. The van der Waals surface area contributed by atoms with E-state index in [0.29, 0.717) is 0 Å². The molecule has 0 aliphatic carbocycles. The van der Waals surface area contributed by atoms with Crippen LogP contribution in [0.25, 0.3) is 0 Å². The molecule has 0 amide bonds. The summed E-state index contributed by atoms with van der Waals surface area (Å²) in [7, 11) is -14.6. The standard InChI is InChI=1S/5BO3.15K.4H2O/c5*2-1(3)4;;;;;;;;;;;;;;;;;;;/h;;;;;;;;;;;;;;;;;;;;4*1H2/q5*-3;15*+1;;;;. The zero-order chi connectivity index (χ0) is 17.9. The van der Waals surface area contributed by atoms with E-state index < -0.39 is 36.6 Å². The molecule has 0 aromatic carbocycles. The number of hydrogen-bond donors (Lipinski definition) is 0. The van der Waals surface area contributed by atoms with E-state index in [1.165, 1.54) is 0 Å². The molecule has 0 heterocycles. The topological polar surface area (TPSA) is 472 Å². The van der Waals surface area contributed by atoms with Gasteiger partial charge in [0.15, 0.2) is 0 Å². The van der Waals surface area contributed by atoms with Crippen molar-refractivity contribution in [3.8, 4) is 0 Å². The monoisotopic (exact) mass is 951 g/mol. The Morgan fingerprint density at radius 1 is 0.154 bits per heavy atom. The van der Waals surface area contributed by atoms with E-state index in [9.17, 15) is 0 Å². The Balaban J connectivity index is -0.00000000292. The van der Waals surface area contributed by atoms with Gasteiger partial charge in [-0.25, -0.2) is 0 Å². The Bertz CT molecular complexity index is 114. The van der Waals surface area contributed by atoms with Crippen LogP contribution in [0.2, 0.25) is 0 Å². The number of rotatable bonds is 0. The largest absolute Gasteiger partial charge is 1.00 e. The third kappa shape index (κ3) is 386. The maximum Gasteiger partial charge on any atom is 1.00 e. The summed E-state index contributed by atoms with van der Waals surface area (Å²) >= 11 is 0. The van der Waals surface area contributed by atoms with Crippen molar-refractivity contribution in [2.75, 3.05) is 0 Å². The van der Waals surface area contributed by atoms with Gasteiger partial charge in [-0.2, -0.15) is 0 Å². The minimum atomic E-state index is -2.92. The molecule has 0 saturated heterocycles. The Kier molecular flexibility index (Phi) is 619. The minimum Gasteiger partial charge on any atom is -0.907 e. The van der Waals surface area contributed by atoms with E-state index >= 15 is 0 Å². The van der Waals surface area contributed by atoms with E-state index in [-0.39, 0.29) is 793 Å². The molecule has 0 fully saturated rings. The smallest absolute Gasteiger partial charge is 0.907 e. The Morgan fingerprint density at radius 3 is 0.154 bits per heavy atom. The average molecular weight is 953 g/mol. The van der Waals surface area contributed by atoms with Crippen molar-refractivity contribution in [2.24, 2.45) is 0 Å². The van der Waals surface area contributed by atoms with Crippen LogP contribution in [0.15, 0.2) is 0 Å². The van der Waals surface area contributed by atoms with Crippen LogP contribution < -0.4 is 846 Å². The quantitative estimate of drug-likeness (QED) is 0.204. The number of hydrogen-bond acceptors (Lipinski definition) is 15. The summed E-state index contributed by atoms with van der Waals surface area (Å²) in [5, 5.41) is 126. The molecule has 0 atom stereocenters. The molecule has 0 unspecified atom stereocenters. The zero-order valence-electron chi connectivity index (χ0n) is 26.0. The molecule has 8 N–H and O–H groups in total. The third-order valence-corrected chi connectivity index (χ3v) is 0. The van der Waals surface area contributed by atoms with Gasteiger partial charge in [-0.1, -0.05) is 0 Å². The fraction of sp³-hybridized carbons (Fsp3) is 0. The predicted molar refractivity (Wildman–Crippen MR) is 43.2 cm³/mol. The summed E-state index contributed by atoms with van der Waals surface area (Å²) < 4.78 is 0. The molecular weight excluding hydrogens is 945 g/mol. The minimum absolute atomic E-state index is 0. The average Bonchev–Trinajstić information content (AvgIpc) is 1.94. The Labute approximate surface area is 869 Å². The zero-order valence-corrected chi connectivity index (χ0v) is 72.9. The normalized spacial score (nSPS) is 3.46. The fourth-order valence-electron chi connectivity index (χ4n) is 0. The van der Waals surface area contributed by atoms with Gasteiger partial charge in [-0.3, -0.25) is 36.6 Å². The molecule has 152 valence electrons. The van der Waals surface area contributed by atoms with Crippen LogP contribution in [0.5, 0.6) is 0 Å². The van der Waals surface area contributed by atoms with E-state index in [2.05, 4.69) is 0 Å². The Hall–Kier alpha value is 24.1. The summed E-state index contributed by atoms with van der Waals surface area (Å²) in [4.78, 5) is 0. The van der Waals surface area contributed by atoms with Gasteiger partial charge in [-0.15, -0.1) is 0 Å². The maximum atomic E-state index is 8.42. The molecule has 39 heteroatoms. The maximum absolute atomic E-state index is 8.42. The summed E-state index contributed by atoms with van der Waals surface area (Å²) in [6.45, 7) is 0. The van der Waals surface area contributed by atoms with Gasteiger partial charge in [0.05, 0.1) is 0 Å². The van der Waals surface area contributed by atoms with Gasteiger partial charge in [0.1, 0.15) is 0 Å². The first-order chi connectivity index (χ1) is 8.66. The predicted octanol–water partition coefficient (Wildman–Crippen LogP) is -68.0. The molecule has 39 heavy (non-hydrogen) atoms. The first-order valence-corrected chi connectivity index (χ1v) is 3.54. The van der Waals surface area contributed by atoms with Crippen molar-refractivity contribution in [2.45, 2.75) is 0 Å². The molecule has 0 radical (unpaired) electrons. The van der Waals surface area contributed by atoms with Crippen molar-refractivity contribution >= 4 is 36.6 Å². The van der Waals surface area contributed by atoms with E-state index in [1.54, 1.807) is 0 Å². The molecule has 0 aliphatic rings. The van der Waals surface area contributed by atoms with Gasteiger partial charge in [0.25, 0.3) is 0 Å². The first-order valence-electron chi connectivity index (χ1n) is 3.54. The van der Waals surface area contributed by atoms with Gasteiger partial charge >= 0.3 is 771 Å². The van der Waals surface area contributed by atoms with Crippen molar-refractivity contribution in [1.29, 1.82) is 0 Å². The van der Waals surface area contributed by atoms with Crippen LogP contribution in [0.1, 0.15) is 0 Å².